The smallest absolute Gasteiger partial charge is 0.255 e. The molecule has 1 aliphatic rings. The molecule has 6 heteroatoms. The number of carbonyl (C=O) groups excluding carboxylic acids is 1. The van der Waals surface area contributed by atoms with E-state index in [4.69, 9.17) is 0 Å². The van der Waals surface area contributed by atoms with Gasteiger partial charge in [-0.25, -0.2) is 4.39 Å². The molecular formula is C27H26FN3O2. The number of pyridine rings is 1. The number of aliphatic hydroxyl groups is 1. The van der Waals surface area contributed by atoms with E-state index in [0.717, 1.165) is 47.9 Å². The minimum Gasteiger partial charge on any atom is -0.391 e. The molecule has 0 unspecified atom stereocenters. The van der Waals surface area contributed by atoms with Crippen LogP contribution >= 0.6 is 0 Å². The zero-order chi connectivity index (χ0) is 22.8. The number of nitrogens with zero attached hydrogens (tertiary/aromatic N) is 2. The highest BCUT2D eigenvalue weighted by atomic mass is 19.1. The third kappa shape index (κ3) is 4.52. The van der Waals surface area contributed by atoms with Gasteiger partial charge in [0.05, 0.1) is 23.2 Å². The molecule has 0 saturated heterocycles. The average molecular weight is 444 g/mol. The number of carbonyl (C=O) groups is 1. The highest BCUT2D eigenvalue weighted by molar-refractivity contribution is 6.05. The van der Waals surface area contributed by atoms with Crippen LogP contribution in [0.25, 0.3) is 22.2 Å². The topological polar surface area (TPSA) is 67.2 Å². The third-order valence-corrected chi connectivity index (χ3v) is 6.41. The van der Waals surface area contributed by atoms with Gasteiger partial charge in [-0.15, -0.1) is 0 Å². The summed E-state index contributed by atoms with van der Waals surface area (Å²) >= 11 is 0. The molecule has 2 heterocycles. The van der Waals surface area contributed by atoms with Gasteiger partial charge in [-0.1, -0.05) is 49.2 Å². The van der Waals surface area contributed by atoms with Crippen LogP contribution in [0.5, 0.6) is 0 Å². The van der Waals surface area contributed by atoms with Crippen LogP contribution in [0.1, 0.15) is 41.6 Å². The number of benzene rings is 2. The van der Waals surface area contributed by atoms with Crippen molar-refractivity contribution >= 4 is 16.9 Å². The quantitative estimate of drug-likeness (QED) is 0.460. The van der Waals surface area contributed by atoms with Gasteiger partial charge in [-0.2, -0.15) is 0 Å². The number of aliphatic hydroxyl groups excluding tert-OH is 1. The second-order valence-corrected chi connectivity index (χ2v) is 8.68. The molecular weight excluding hydrogens is 417 g/mol. The van der Waals surface area contributed by atoms with E-state index >= 15 is 0 Å². The fraction of sp³-hybridized carbons (Fsp3) is 0.259. The van der Waals surface area contributed by atoms with E-state index in [-0.39, 0.29) is 17.8 Å². The van der Waals surface area contributed by atoms with Crippen LogP contribution in [0.15, 0.2) is 73.1 Å². The van der Waals surface area contributed by atoms with Gasteiger partial charge in [0.1, 0.15) is 11.3 Å². The van der Waals surface area contributed by atoms with Crippen molar-refractivity contribution in [1.29, 1.82) is 0 Å². The molecule has 2 atom stereocenters. The van der Waals surface area contributed by atoms with Crippen LogP contribution in [-0.2, 0) is 6.54 Å². The Hall–Kier alpha value is -3.51. The van der Waals surface area contributed by atoms with Gasteiger partial charge in [0.2, 0.25) is 0 Å². The molecule has 0 aliphatic heterocycles. The predicted molar refractivity (Wildman–Crippen MR) is 126 cm³/mol. The molecule has 2 N–H and O–H groups in total. The Morgan fingerprint density at radius 1 is 1.03 bits per heavy atom. The first kappa shape index (κ1) is 21.3. The summed E-state index contributed by atoms with van der Waals surface area (Å²) in [6.07, 6.45) is 6.55. The van der Waals surface area contributed by atoms with Gasteiger partial charge in [-0.3, -0.25) is 9.78 Å². The summed E-state index contributed by atoms with van der Waals surface area (Å²) in [5.74, 6) is -0.448. The number of hydrogen-bond donors (Lipinski definition) is 2. The summed E-state index contributed by atoms with van der Waals surface area (Å²) in [5.41, 5.74) is 5.12. The van der Waals surface area contributed by atoms with E-state index in [1.54, 1.807) is 18.3 Å². The van der Waals surface area contributed by atoms with E-state index in [9.17, 15) is 14.3 Å². The van der Waals surface area contributed by atoms with Crippen LogP contribution < -0.4 is 5.32 Å². The number of amides is 1. The van der Waals surface area contributed by atoms with Gasteiger partial charge in [0.15, 0.2) is 0 Å². The fourth-order valence-electron chi connectivity index (χ4n) is 4.59. The Balaban J connectivity index is 1.38. The third-order valence-electron chi connectivity index (χ3n) is 6.41. The lowest BCUT2D eigenvalue weighted by atomic mass is 9.92. The van der Waals surface area contributed by atoms with Crippen LogP contribution in [0.2, 0.25) is 0 Å². The fourth-order valence-corrected chi connectivity index (χ4v) is 4.59. The summed E-state index contributed by atoms with van der Waals surface area (Å²) in [6, 6.07) is 18.2. The number of rotatable bonds is 5. The Morgan fingerprint density at radius 2 is 1.73 bits per heavy atom. The molecule has 0 radical (unpaired) electrons. The van der Waals surface area contributed by atoms with E-state index in [1.165, 1.54) is 12.1 Å². The van der Waals surface area contributed by atoms with E-state index < -0.39 is 6.10 Å². The Kier molecular flexibility index (Phi) is 5.92. The molecule has 2 aromatic carbocycles. The Labute approximate surface area is 191 Å². The summed E-state index contributed by atoms with van der Waals surface area (Å²) in [5, 5.41) is 13.3. The summed E-state index contributed by atoms with van der Waals surface area (Å²) < 4.78 is 15.2. The molecule has 1 amide bonds. The van der Waals surface area contributed by atoms with Crippen molar-refractivity contribution in [3.05, 3.63) is 90.0 Å². The predicted octanol–water partition coefficient (Wildman–Crippen LogP) is 4.92. The van der Waals surface area contributed by atoms with E-state index in [0.29, 0.717) is 17.6 Å². The van der Waals surface area contributed by atoms with Crippen molar-refractivity contribution in [2.75, 3.05) is 0 Å². The maximum atomic E-state index is 13.2. The normalized spacial score (nSPS) is 18.4. The zero-order valence-corrected chi connectivity index (χ0v) is 18.2. The van der Waals surface area contributed by atoms with Gasteiger partial charge in [-0.05, 0) is 53.8 Å². The molecule has 2 aromatic heterocycles. The molecule has 0 spiro atoms. The van der Waals surface area contributed by atoms with Crippen molar-refractivity contribution in [2.45, 2.75) is 44.4 Å². The standard InChI is InChI=1S/C27H26FN3O2/c28-21-13-11-20(12-14-21)19-9-7-18(8-10-19)16-31-17-22(26-24(31)5-3-15-29-26)27(33)30-23-4-1-2-6-25(23)32/h3,5,7-15,17,23,25,32H,1-2,4,6,16H2,(H,30,33)/t23-,25-/m1/s1. The number of fused-ring (bicyclic) bond motifs is 1. The SMILES string of the molecule is O=C(N[C@@H]1CCCC[C@H]1O)c1cn(Cc2ccc(-c3ccc(F)cc3)cc2)c2cccnc12. The first-order valence-electron chi connectivity index (χ1n) is 11.4. The van der Waals surface area contributed by atoms with Crippen LogP contribution in [-0.4, -0.2) is 32.7 Å². The molecule has 1 fully saturated rings. The molecule has 0 bridgehead atoms. The summed E-state index contributed by atoms with van der Waals surface area (Å²) in [4.78, 5) is 17.5. The molecule has 5 nitrogen and oxygen atoms in total. The lowest BCUT2D eigenvalue weighted by molar-refractivity contribution is 0.0718. The molecule has 33 heavy (non-hydrogen) atoms. The van der Waals surface area contributed by atoms with Crippen molar-refractivity contribution in [1.82, 2.24) is 14.9 Å². The second-order valence-electron chi connectivity index (χ2n) is 8.68. The van der Waals surface area contributed by atoms with Crippen LogP contribution in [0.4, 0.5) is 4.39 Å². The largest absolute Gasteiger partial charge is 0.391 e. The van der Waals surface area contributed by atoms with Crippen LogP contribution in [0, 0.1) is 5.82 Å². The first-order chi connectivity index (χ1) is 16.1. The van der Waals surface area contributed by atoms with Crippen molar-refractivity contribution in [3.63, 3.8) is 0 Å². The molecule has 1 aliphatic carbocycles. The second kappa shape index (κ2) is 9.16. The van der Waals surface area contributed by atoms with E-state index in [1.807, 2.05) is 47.2 Å². The molecule has 5 rings (SSSR count). The maximum Gasteiger partial charge on any atom is 0.255 e. The molecule has 4 aromatic rings. The van der Waals surface area contributed by atoms with Gasteiger partial charge < -0.3 is 15.0 Å². The van der Waals surface area contributed by atoms with E-state index in [2.05, 4.69) is 10.3 Å². The number of nitrogens with one attached hydrogen (secondary N) is 1. The Bertz CT molecular complexity index is 1270. The van der Waals surface area contributed by atoms with Crippen molar-refractivity contribution in [3.8, 4) is 11.1 Å². The maximum absolute atomic E-state index is 13.2. The lowest BCUT2D eigenvalue weighted by Crippen LogP contribution is -2.45. The number of aromatic nitrogens is 2. The number of hydrogen-bond acceptors (Lipinski definition) is 3. The van der Waals surface area contributed by atoms with Gasteiger partial charge in [0, 0.05) is 18.9 Å². The highest BCUT2D eigenvalue weighted by Crippen LogP contribution is 2.24. The molecule has 168 valence electrons. The minimum absolute atomic E-state index is 0.199. The summed E-state index contributed by atoms with van der Waals surface area (Å²) in [6.45, 7) is 0.589. The average Bonchev–Trinajstić information content (AvgIpc) is 3.20. The molecule has 1 saturated carbocycles. The minimum atomic E-state index is -0.497. The highest BCUT2D eigenvalue weighted by Gasteiger charge is 2.26. The number of halogens is 1. The zero-order valence-electron chi connectivity index (χ0n) is 18.2. The first-order valence-corrected chi connectivity index (χ1v) is 11.4. The monoisotopic (exact) mass is 443 g/mol. The van der Waals surface area contributed by atoms with Gasteiger partial charge in [0.25, 0.3) is 5.91 Å². The van der Waals surface area contributed by atoms with Gasteiger partial charge >= 0.3 is 0 Å². The summed E-state index contributed by atoms with van der Waals surface area (Å²) in [7, 11) is 0. The van der Waals surface area contributed by atoms with Crippen molar-refractivity contribution in [2.24, 2.45) is 0 Å². The van der Waals surface area contributed by atoms with Crippen LogP contribution in [0.3, 0.4) is 0 Å². The Morgan fingerprint density at radius 3 is 2.45 bits per heavy atom. The van der Waals surface area contributed by atoms with Crippen molar-refractivity contribution < 1.29 is 14.3 Å². The lowest BCUT2D eigenvalue weighted by Gasteiger charge is -2.28.